The summed E-state index contributed by atoms with van der Waals surface area (Å²) in [5, 5.41) is 5.75. The standard InChI is InChI=1S/C27H21BrN4O4/c1-16(33)35-24-14-20(31(2)3)10-8-17(24)15-29-32-26(30-22-7-5-4-6-21(22)27(32)34)25-13-18-12-19(28)9-11-23(18)36-25/h4-15H,1-3H3. The van der Waals surface area contributed by atoms with Crippen LogP contribution in [-0.2, 0) is 4.79 Å². The Hall–Kier alpha value is -4.24. The van der Waals surface area contributed by atoms with Crippen molar-refractivity contribution in [2.45, 2.75) is 6.92 Å². The minimum Gasteiger partial charge on any atom is -0.453 e. The molecule has 0 fully saturated rings. The SMILES string of the molecule is CC(=O)Oc1cc(N(C)C)ccc1C=Nn1c(-c2cc3cc(Br)ccc3o2)nc2ccccc2c1=O. The van der Waals surface area contributed by atoms with Crippen LogP contribution in [-0.4, -0.2) is 35.9 Å². The summed E-state index contributed by atoms with van der Waals surface area (Å²) in [4.78, 5) is 31.8. The maximum absolute atomic E-state index is 13.5. The average molecular weight is 545 g/mol. The lowest BCUT2D eigenvalue weighted by Crippen LogP contribution is -2.20. The molecule has 9 heteroatoms. The summed E-state index contributed by atoms with van der Waals surface area (Å²) in [5.74, 6) is 0.515. The monoisotopic (exact) mass is 544 g/mol. The third kappa shape index (κ3) is 4.52. The van der Waals surface area contributed by atoms with E-state index in [-0.39, 0.29) is 11.4 Å². The van der Waals surface area contributed by atoms with E-state index in [1.165, 1.54) is 17.8 Å². The summed E-state index contributed by atoms with van der Waals surface area (Å²) in [6, 6.07) is 19.9. The lowest BCUT2D eigenvalue weighted by molar-refractivity contribution is -0.131. The number of para-hydroxylation sites is 1. The quantitative estimate of drug-likeness (QED) is 0.166. The maximum Gasteiger partial charge on any atom is 0.308 e. The van der Waals surface area contributed by atoms with Gasteiger partial charge in [-0.05, 0) is 48.5 Å². The molecule has 0 aliphatic rings. The molecule has 5 rings (SSSR count). The van der Waals surface area contributed by atoms with Crippen molar-refractivity contribution >= 4 is 55.7 Å². The number of hydrogen-bond acceptors (Lipinski definition) is 7. The molecule has 0 saturated heterocycles. The largest absolute Gasteiger partial charge is 0.453 e. The van der Waals surface area contributed by atoms with Crippen LogP contribution in [0.1, 0.15) is 12.5 Å². The van der Waals surface area contributed by atoms with E-state index in [0.29, 0.717) is 33.6 Å². The van der Waals surface area contributed by atoms with E-state index >= 15 is 0 Å². The number of esters is 1. The molecule has 0 saturated carbocycles. The number of halogens is 1. The Kier molecular flexibility index (Phi) is 6.15. The van der Waals surface area contributed by atoms with E-state index in [1.807, 2.05) is 55.4 Å². The predicted molar refractivity (Wildman–Crippen MR) is 144 cm³/mol. The van der Waals surface area contributed by atoms with Gasteiger partial charge in [-0.2, -0.15) is 9.78 Å². The number of aromatic nitrogens is 2. The Balaban J connectivity index is 1.69. The Labute approximate surface area is 214 Å². The lowest BCUT2D eigenvalue weighted by atomic mass is 10.2. The summed E-state index contributed by atoms with van der Waals surface area (Å²) in [7, 11) is 3.78. The molecule has 0 unspecified atom stereocenters. The van der Waals surface area contributed by atoms with E-state index in [1.54, 1.807) is 30.3 Å². The first-order valence-corrected chi connectivity index (χ1v) is 11.8. The molecule has 0 aliphatic carbocycles. The zero-order valence-electron chi connectivity index (χ0n) is 19.7. The first-order valence-electron chi connectivity index (χ1n) is 11.1. The number of ether oxygens (including phenoxy) is 1. The molecular formula is C27H21BrN4O4. The van der Waals surface area contributed by atoms with Gasteiger partial charge in [0.15, 0.2) is 5.76 Å². The van der Waals surface area contributed by atoms with Gasteiger partial charge in [-0.3, -0.25) is 9.59 Å². The molecule has 5 aromatic rings. The molecule has 2 aromatic heterocycles. The van der Waals surface area contributed by atoms with E-state index in [9.17, 15) is 9.59 Å². The number of carbonyl (C=O) groups is 1. The van der Waals surface area contributed by atoms with Crippen LogP contribution >= 0.6 is 15.9 Å². The first kappa shape index (κ1) is 23.5. The van der Waals surface area contributed by atoms with Gasteiger partial charge in [0.25, 0.3) is 5.56 Å². The van der Waals surface area contributed by atoms with E-state index in [2.05, 4.69) is 21.0 Å². The molecule has 0 N–H and O–H groups in total. The zero-order valence-corrected chi connectivity index (χ0v) is 21.3. The fraction of sp³-hybridized carbons (Fsp3) is 0.111. The summed E-state index contributed by atoms with van der Waals surface area (Å²) >= 11 is 3.47. The number of carbonyl (C=O) groups excluding carboxylic acids is 1. The predicted octanol–water partition coefficient (Wildman–Crippen LogP) is 5.45. The van der Waals surface area contributed by atoms with Gasteiger partial charge in [-0.1, -0.05) is 28.1 Å². The highest BCUT2D eigenvalue weighted by atomic mass is 79.9. The summed E-state index contributed by atoms with van der Waals surface area (Å²) < 4.78 is 13.5. The molecule has 3 aromatic carbocycles. The molecule has 2 heterocycles. The number of fused-ring (bicyclic) bond motifs is 2. The van der Waals surface area contributed by atoms with Crippen molar-refractivity contribution in [2.24, 2.45) is 5.10 Å². The Morgan fingerprint density at radius 3 is 2.69 bits per heavy atom. The van der Waals surface area contributed by atoms with Crippen LogP contribution in [0.15, 0.2) is 85.5 Å². The number of benzene rings is 3. The third-order valence-electron chi connectivity index (χ3n) is 5.53. The Morgan fingerprint density at radius 1 is 1.11 bits per heavy atom. The topological polar surface area (TPSA) is 89.9 Å². The highest BCUT2D eigenvalue weighted by Crippen LogP contribution is 2.29. The van der Waals surface area contributed by atoms with Crippen molar-refractivity contribution < 1.29 is 13.9 Å². The summed E-state index contributed by atoms with van der Waals surface area (Å²) in [6.45, 7) is 1.33. The first-order chi connectivity index (χ1) is 17.3. The maximum atomic E-state index is 13.5. The molecule has 36 heavy (non-hydrogen) atoms. The number of anilines is 1. The van der Waals surface area contributed by atoms with Crippen molar-refractivity contribution in [2.75, 3.05) is 19.0 Å². The van der Waals surface area contributed by atoms with Crippen LogP contribution in [0, 0.1) is 0 Å². The Bertz CT molecular complexity index is 1720. The van der Waals surface area contributed by atoms with Crippen LogP contribution in [0.2, 0.25) is 0 Å². The fourth-order valence-corrected chi connectivity index (χ4v) is 4.16. The molecule has 0 radical (unpaired) electrons. The molecule has 180 valence electrons. The second-order valence-corrected chi connectivity index (χ2v) is 9.23. The van der Waals surface area contributed by atoms with Crippen LogP contribution in [0.5, 0.6) is 5.75 Å². The van der Waals surface area contributed by atoms with Gasteiger partial charge in [0.1, 0.15) is 11.3 Å². The molecule has 0 aliphatic heterocycles. The molecule has 0 atom stereocenters. The minimum absolute atomic E-state index is 0.251. The Morgan fingerprint density at radius 2 is 1.92 bits per heavy atom. The van der Waals surface area contributed by atoms with Crippen molar-refractivity contribution in [1.82, 2.24) is 9.66 Å². The summed E-state index contributed by atoms with van der Waals surface area (Å²) in [6.07, 6.45) is 1.47. The lowest BCUT2D eigenvalue weighted by Gasteiger charge is -2.15. The average Bonchev–Trinajstić information content (AvgIpc) is 3.26. The molecule has 0 spiro atoms. The number of nitrogens with zero attached hydrogens (tertiary/aromatic N) is 4. The minimum atomic E-state index is -0.459. The van der Waals surface area contributed by atoms with Gasteiger partial charge < -0.3 is 14.1 Å². The molecular weight excluding hydrogens is 524 g/mol. The van der Waals surface area contributed by atoms with Crippen LogP contribution in [0.4, 0.5) is 5.69 Å². The van der Waals surface area contributed by atoms with Gasteiger partial charge in [0, 0.05) is 48.2 Å². The van der Waals surface area contributed by atoms with Crippen molar-refractivity contribution in [3.05, 3.63) is 87.1 Å². The second-order valence-electron chi connectivity index (χ2n) is 8.32. The highest BCUT2D eigenvalue weighted by molar-refractivity contribution is 9.10. The molecule has 0 amide bonds. The van der Waals surface area contributed by atoms with Crippen LogP contribution in [0.3, 0.4) is 0 Å². The number of hydrogen-bond donors (Lipinski definition) is 0. The zero-order chi connectivity index (χ0) is 25.4. The van der Waals surface area contributed by atoms with Gasteiger partial charge in [0.05, 0.1) is 17.1 Å². The van der Waals surface area contributed by atoms with E-state index < -0.39 is 5.97 Å². The number of furan rings is 1. The van der Waals surface area contributed by atoms with Crippen LogP contribution < -0.4 is 15.2 Å². The van der Waals surface area contributed by atoms with E-state index in [0.717, 1.165) is 15.5 Å². The van der Waals surface area contributed by atoms with Gasteiger partial charge in [-0.25, -0.2) is 4.98 Å². The smallest absolute Gasteiger partial charge is 0.308 e. The normalized spacial score (nSPS) is 11.4. The third-order valence-corrected chi connectivity index (χ3v) is 6.03. The highest BCUT2D eigenvalue weighted by Gasteiger charge is 2.17. The second kappa shape index (κ2) is 9.43. The van der Waals surface area contributed by atoms with Crippen molar-refractivity contribution in [1.29, 1.82) is 0 Å². The summed E-state index contributed by atoms with van der Waals surface area (Å²) in [5.41, 5.74) is 2.20. The van der Waals surface area contributed by atoms with Gasteiger partial charge >= 0.3 is 5.97 Å². The molecule has 8 nitrogen and oxygen atoms in total. The van der Waals surface area contributed by atoms with Gasteiger partial charge in [-0.15, -0.1) is 0 Å². The van der Waals surface area contributed by atoms with Crippen molar-refractivity contribution in [3.63, 3.8) is 0 Å². The number of rotatable bonds is 5. The van der Waals surface area contributed by atoms with E-state index in [4.69, 9.17) is 14.1 Å². The fourth-order valence-electron chi connectivity index (χ4n) is 3.79. The van der Waals surface area contributed by atoms with Crippen molar-refractivity contribution in [3.8, 4) is 17.3 Å². The van der Waals surface area contributed by atoms with Gasteiger partial charge in [0.2, 0.25) is 5.82 Å². The molecule has 0 bridgehead atoms. The van der Waals surface area contributed by atoms with Crippen LogP contribution in [0.25, 0.3) is 33.5 Å².